The lowest BCUT2D eigenvalue weighted by Crippen LogP contribution is -2.21. The number of rotatable bonds is 3. The molecule has 1 heterocycles. The summed E-state index contributed by atoms with van der Waals surface area (Å²) in [5.41, 5.74) is 9.19. The van der Waals surface area contributed by atoms with Gasteiger partial charge in [-0.05, 0) is 37.1 Å². The Kier molecular flexibility index (Phi) is 5.92. The van der Waals surface area contributed by atoms with Crippen LogP contribution in [-0.4, -0.2) is 23.6 Å². The maximum absolute atomic E-state index is 8.61. The quantitative estimate of drug-likeness (QED) is 0.936. The van der Waals surface area contributed by atoms with Crippen LogP contribution in [0.25, 0.3) is 10.9 Å². The number of fused-ring (bicyclic) bond motifs is 1. The van der Waals surface area contributed by atoms with Crippen LogP contribution in [-0.2, 0) is 0 Å². The number of aromatic nitrogens is 2. The molecule has 1 aromatic heterocycles. The van der Waals surface area contributed by atoms with Crippen LogP contribution in [0.2, 0.25) is 0 Å². The summed E-state index contributed by atoms with van der Waals surface area (Å²) in [6, 6.07) is 6.14. The zero-order chi connectivity index (χ0) is 16.0. The van der Waals surface area contributed by atoms with Gasteiger partial charge in [0.15, 0.2) is 0 Å². The number of nitrogens with zero attached hydrogens (tertiary/aromatic N) is 4. The molecule has 0 spiro atoms. The standard InChI is InChI=1S/C14H17N5.C2H6/c1-9-7-11-12(8-10(9)2)17-14(18-13(11)16)19(3)6-4-5-15;1-2/h7-8H,4,6H2,1-3H3,(H2,16,17,18);1-2H3. The monoisotopic (exact) mass is 285 g/mol. The Morgan fingerprint density at radius 3 is 2.43 bits per heavy atom. The van der Waals surface area contributed by atoms with E-state index >= 15 is 0 Å². The molecule has 21 heavy (non-hydrogen) atoms. The summed E-state index contributed by atoms with van der Waals surface area (Å²) in [5.74, 6) is 1.04. The van der Waals surface area contributed by atoms with Crippen LogP contribution in [0.4, 0.5) is 11.8 Å². The molecule has 5 nitrogen and oxygen atoms in total. The van der Waals surface area contributed by atoms with Crippen molar-refractivity contribution in [1.29, 1.82) is 5.26 Å². The summed E-state index contributed by atoms with van der Waals surface area (Å²) in [4.78, 5) is 10.7. The summed E-state index contributed by atoms with van der Waals surface area (Å²) >= 11 is 0. The highest BCUT2D eigenvalue weighted by atomic mass is 15.2. The van der Waals surface area contributed by atoms with Crippen molar-refractivity contribution in [3.8, 4) is 6.07 Å². The van der Waals surface area contributed by atoms with E-state index in [1.54, 1.807) is 0 Å². The lowest BCUT2D eigenvalue weighted by Gasteiger charge is -2.16. The lowest BCUT2D eigenvalue weighted by molar-refractivity contribution is 0.865. The first kappa shape index (κ1) is 16.7. The molecule has 0 atom stereocenters. The Balaban J connectivity index is 0.00000106. The molecular formula is C16H23N5. The van der Waals surface area contributed by atoms with Crippen molar-refractivity contribution >= 4 is 22.7 Å². The highest BCUT2D eigenvalue weighted by Crippen LogP contribution is 2.24. The van der Waals surface area contributed by atoms with E-state index in [2.05, 4.69) is 16.0 Å². The van der Waals surface area contributed by atoms with Gasteiger partial charge in [-0.25, -0.2) is 4.98 Å². The van der Waals surface area contributed by atoms with Crippen molar-refractivity contribution in [3.05, 3.63) is 23.3 Å². The fourth-order valence-electron chi connectivity index (χ4n) is 1.89. The summed E-state index contributed by atoms with van der Waals surface area (Å²) in [6.45, 7) is 8.68. The van der Waals surface area contributed by atoms with Crippen LogP contribution < -0.4 is 10.6 Å². The van der Waals surface area contributed by atoms with Gasteiger partial charge in [-0.1, -0.05) is 13.8 Å². The molecule has 0 radical (unpaired) electrons. The van der Waals surface area contributed by atoms with Gasteiger partial charge >= 0.3 is 0 Å². The van der Waals surface area contributed by atoms with Gasteiger partial charge in [0.25, 0.3) is 0 Å². The number of benzene rings is 1. The smallest absolute Gasteiger partial charge is 0.227 e. The van der Waals surface area contributed by atoms with Crippen LogP contribution >= 0.6 is 0 Å². The minimum atomic E-state index is 0.435. The molecular weight excluding hydrogens is 262 g/mol. The Bertz CT molecular complexity index is 658. The minimum absolute atomic E-state index is 0.435. The molecule has 0 amide bonds. The van der Waals surface area contributed by atoms with E-state index in [0.717, 1.165) is 10.9 Å². The van der Waals surface area contributed by atoms with Gasteiger partial charge < -0.3 is 10.6 Å². The number of nitriles is 1. The van der Waals surface area contributed by atoms with Crippen LogP contribution in [0.3, 0.4) is 0 Å². The molecule has 2 rings (SSSR count). The first-order valence-electron chi connectivity index (χ1n) is 7.15. The normalized spacial score (nSPS) is 9.71. The van der Waals surface area contributed by atoms with E-state index < -0.39 is 0 Å². The summed E-state index contributed by atoms with van der Waals surface area (Å²) in [6.07, 6.45) is 0.435. The molecule has 0 saturated carbocycles. The van der Waals surface area contributed by atoms with E-state index in [0.29, 0.717) is 24.7 Å². The third-order valence-electron chi connectivity index (χ3n) is 3.23. The van der Waals surface area contributed by atoms with Gasteiger partial charge in [-0.2, -0.15) is 10.2 Å². The molecule has 0 bridgehead atoms. The molecule has 0 aliphatic heterocycles. The van der Waals surface area contributed by atoms with Crippen LogP contribution in [0.15, 0.2) is 12.1 Å². The van der Waals surface area contributed by atoms with Crippen molar-refractivity contribution in [2.45, 2.75) is 34.1 Å². The largest absolute Gasteiger partial charge is 0.383 e. The van der Waals surface area contributed by atoms with Gasteiger partial charge in [0.1, 0.15) is 5.82 Å². The molecule has 112 valence electrons. The number of anilines is 2. The number of aryl methyl sites for hydroxylation is 2. The van der Waals surface area contributed by atoms with Gasteiger partial charge in [-0.15, -0.1) is 0 Å². The number of nitrogens with two attached hydrogens (primary N) is 1. The molecule has 2 aromatic rings. The van der Waals surface area contributed by atoms with Crippen molar-refractivity contribution in [2.24, 2.45) is 0 Å². The maximum atomic E-state index is 8.61. The zero-order valence-corrected chi connectivity index (χ0v) is 13.4. The van der Waals surface area contributed by atoms with Gasteiger partial charge in [0.05, 0.1) is 18.0 Å². The van der Waals surface area contributed by atoms with Crippen LogP contribution in [0.1, 0.15) is 31.4 Å². The molecule has 0 aliphatic rings. The zero-order valence-electron chi connectivity index (χ0n) is 13.4. The van der Waals surface area contributed by atoms with Gasteiger partial charge in [0.2, 0.25) is 5.95 Å². The van der Waals surface area contributed by atoms with E-state index in [4.69, 9.17) is 11.0 Å². The fourth-order valence-corrected chi connectivity index (χ4v) is 1.89. The predicted molar refractivity (Wildman–Crippen MR) is 88.3 cm³/mol. The van der Waals surface area contributed by atoms with E-state index in [1.807, 2.05) is 51.8 Å². The molecule has 0 unspecified atom stereocenters. The lowest BCUT2D eigenvalue weighted by atomic mass is 10.1. The van der Waals surface area contributed by atoms with Crippen molar-refractivity contribution < 1.29 is 0 Å². The van der Waals surface area contributed by atoms with E-state index in [1.165, 1.54) is 11.1 Å². The Morgan fingerprint density at radius 2 is 1.81 bits per heavy atom. The Morgan fingerprint density at radius 1 is 1.19 bits per heavy atom. The molecule has 0 fully saturated rings. The Hall–Kier alpha value is -2.35. The highest BCUT2D eigenvalue weighted by Gasteiger charge is 2.10. The molecule has 0 saturated heterocycles. The number of nitrogen functional groups attached to an aromatic ring is 1. The average Bonchev–Trinajstić information content (AvgIpc) is 2.48. The number of hydrogen-bond acceptors (Lipinski definition) is 5. The Labute approximate surface area is 126 Å². The van der Waals surface area contributed by atoms with E-state index in [-0.39, 0.29) is 0 Å². The van der Waals surface area contributed by atoms with Crippen molar-refractivity contribution in [3.63, 3.8) is 0 Å². The second-order valence-electron chi connectivity index (χ2n) is 4.69. The third kappa shape index (κ3) is 3.82. The van der Waals surface area contributed by atoms with Gasteiger partial charge in [-0.3, -0.25) is 0 Å². The van der Waals surface area contributed by atoms with Crippen LogP contribution in [0.5, 0.6) is 0 Å². The second kappa shape index (κ2) is 7.44. The summed E-state index contributed by atoms with van der Waals surface area (Å²) < 4.78 is 0. The molecule has 5 heteroatoms. The highest BCUT2D eigenvalue weighted by molar-refractivity contribution is 5.90. The number of hydrogen-bond donors (Lipinski definition) is 1. The minimum Gasteiger partial charge on any atom is -0.383 e. The SMILES string of the molecule is CC.Cc1cc2nc(N(C)CCC#N)nc(N)c2cc1C. The fraction of sp³-hybridized carbons (Fsp3) is 0.438. The van der Waals surface area contributed by atoms with Gasteiger partial charge in [0, 0.05) is 19.0 Å². The first-order chi connectivity index (χ1) is 10.0. The molecule has 0 aliphatic carbocycles. The van der Waals surface area contributed by atoms with Crippen LogP contribution in [0, 0.1) is 25.2 Å². The average molecular weight is 285 g/mol. The predicted octanol–water partition coefficient (Wildman–Crippen LogP) is 3.20. The van der Waals surface area contributed by atoms with E-state index in [9.17, 15) is 0 Å². The van der Waals surface area contributed by atoms with Crippen molar-refractivity contribution in [2.75, 3.05) is 24.2 Å². The molecule has 2 N–H and O–H groups in total. The topological polar surface area (TPSA) is 78.8 Å². The summed E-state index contributed by atoms with van der Waals surface area (Å²) in [5, 5.41) is 9.49. The maximum Gasteiger partial charge on any atom is 0.227 e. The first-order valence-corrected chi connectivity index (χ1v) is 7.15. The third-order valence-corrected chi connectivity index (χ3v) is 3.23. The second-order valence-corrected chi connectivity index (χ2v) is 4.69. The van der Waals surface area contributed by atoms with Crippen molar-refractivity contribution in [1.82, 2.24) is 9.97 Å². The molecule has 1 aromatic carbocycles. The summed E-state index contributed by atoms with van der Waals surface area (Å²) in [7, 11) is 1.86.